The van der Waals surface area contributed by atoms with Crippen molar-refractivity contribution in [2.24, 2.45) is 7.05 Å². The third kappa shape index (κ3) is 4.91. The topological polar surface area (TPSA) is 114 Å². The van der Waals surface area contributed by atoms with Gasteiger partial charge in [-0.2, -0.15) is 0 Å². The first-order valence-corrected chi connectivity index (χ1v) is 14.7. The summed E-state index contributed by atoms with van der Waals surface area (Å²) in [7, 11) is 1.73. The number of hydrogen-bond donors (Lipinski definition) is 2. The van der Waals surface area contributed by atoms with Crippen LogP contribution in [0.1, 0.15) is 66.6 Å². The lowest BCUT2D eigenvalue weighted by molar-refractivity contribution is -0.137. The van der Waals surface area contributed by atoms with Crippen molar-refractivity contribution in [2.75, 3.05) is 6.54 Å². The van der Waals surface area contributed by atoms with E-state index in [0.29, 0.717) is 17.6 Å². The number of carboxylic acids is 1. The summed E-state index contributed by atoms with van der Waals surface area (Å²) in [6.07, 6.45) is 2.60. The third-order valence-electron chi connectivity index (χ3n) is 8.26. The van der Waals surface area contributed by atoms with Gasteiger partial charge in [0.05, 0.1) is 18.2 Å². The van der Waals surface area contributed by atoms with Crippen molar-refractivity contribution in [2.45, 2.75) is 58.2 Å². The number of hydrogen-bond acceptors (Lipinski definition) is 8. The van der Waals surface area contributed by atoms with Crippen LogP contribution in [0.15, 0.2) is 48.0 Å². The fourth-order valence-electron chi connectivity index (χ4n) is 6.06. The van der Waals surface area contributed by atoms with Gasteiger partial charge in [0.1, 0.15) is 28.6 Å². The molecule has 0 radical (unpaired) electrons. The molecular weight excluding hydrogens is 538 g/mol. The van der Waals surface area contributed by atoms with Gasteiger partial charge in [-0.3, -0.25) is 14.7 Å². The number of phenolic OH excluding ortho intramolecular Hbond substituents is 1. The lowest BCUT2D eigenvalue weighted by Gasteiger charge is -2.29. The van der Waals surface area contributed by atoms with Gasteiger partial charge in [0.25, 0.3) is 0 Å². The van der Waals surface area contributed by atoms with E-state index in [1.807, 2.05) is 25.3 Å². The summed E-state index contributed by atoms with van der Waals surface area (Å²) in [4.78, 5) is 19.3. The predicted octanol–water partition coefficient (Wildman–Crippen LogP) is 5.93. The average molecular weight is 572 g/mol. The van der Waals surface area contributed by atoms with E-state index < -0.39 is 11.9 Å². The number of ether oxygens (including phenoxy) is 1. The SMILES string of the molecule is CC[C@@H]1CN(Cc2cc(C(CC(=O)O)c3cc(O)c4c(nnn4C)c3C)cc3ccsc23)[C@@H](C)c2ncccc2O1. The predicted molar refractivity (Wildman–Crippen MR) is 159 cm³/mol. The van der Waals surface area contributed by atoms with Gasteiger partial charge in [0, 0.05) is 37.0 Å². The highest BCUT2D eigenvalue weighted by Gasteiger charge is 2.30. The lowest BCUT2D eigenvalue weighted by Crippen LogP contribution is -2.34. The van der Waals surface area contributed by atoms with Crippen LogP contribution in [0.5, 0.6) is 11.5 Å². The maximum absolute atomic E-state index is 12.2. The molecular formula is C31H33N5O4S. The zero-order chi connectivity index (χ0) is 28.8. The molecule has 212 valence electrons. The monoisotopic (exact) mass is 571 g/mol. The van der Waals surface area contributed by atoms with Gasteiger partial charge < -0.3 is 14.9 Å². The number of aromatic nitrogens is 4. The first-order chi connectivity index (χ1) is 19.7. The summed E-state index contributed by atoms with van der Waals surface area (Å²) in [5.41, 5.74) is 5.61. The number of carboxylic acid groups (broad SMARTS) is 1. The molecule has 3 atom stereocenters. The Balaban J connectivity index is 1.46. The van der Waals surface area contributed by atoms with Crippen molar-refractivity contribution < 1.29 is 19.7 Å². The maximum Gasteiger partial charge on any atom is 0.304 e. The van der Waals surface area contributed by atoms with Gasteiger partial charge in [-0.25, -0.2) is 4.68 Å². The van der Waals surface area contributed by atoms with Gasteiger partial charge in [-0.05, 0) is 83.6 Å². The Labute approximate surface area is 242 Å². The van der Waals surface area contributed by atoms with Crippen molar-refractivity contribution in [3.63, 3.8) is 0 Å². The number of rotatable bonds is 7. The second kappa shape index (κ2) is 10.8. The Kier molecular flexibility index (Phi) is 7.13. The van der Waals surface area contributed by atoms with Crippen LogP contribution in [0.2, 0.25) is 0 Å². The summed E-state index contributed by atoms with van der Waals surface area (Å²) < 4.78 is 9.05. The van der Waals surface area contributed by atoms with Gasteiger partial charge in [-0.1, -0.05) is 18.2 Å². The summed E-state index contributed by atoms with van der Waals surface area (Å²) in [5, 5.41) is 32.4. The number of aromatic hydroxyl groups is 1. The summed E-state index contributed by atoms with van der Waals surface area (Å²) in [6, 6.07) is 11.9. The van der Waals surface area contributed by atoms with Crippen molar-refractivity contribution in [3.05, 3.63) is 75.9 Å². The molecule has 10 heteroatoms. The second-order valence-corrected chi connectivity index (χ2v) is 11.7. The Hall–Kier alpha value is -4.02. The van der Waals surface area contributed by atoms with E-state index in [9.17, 15) is 15.0 Å². The quantitative estimate of drug-likeness (QED) is 0.247. The fraction of sp³-hybridized carbons (Fsp3) is 0.355. The molecule has 0 spiro atoms. The molecule has 1 aliphatic rings. The molecule has 4 heterocycles. The molecule has 0 bridgehead atoms. The fourth-order valence-corrected chi connectivity index (χ4v) is 6.95. The number of benzene rings is 2. The molecule has 5 aromatic rings. The number of fused-ring (bicyclic) bond motifs is 3. The van der Waals surface area contributed by atoms with E-state index in [1.54, 1.807) is 24.5 Å². The highest BCUT2D eigenvalue weighted by Crippen LogP contribution is 2.41. The standard InChI is InChI=1S/C31H33N5O4S/c1-5-22-16-36(18(3)29-26(40-22)7-6-9-32-29)15-21-12-20(11-19-8-10-41-31(19)21)24(14-27(38)39)23-13-25(37)30-28(17(23)2)33-34-35(30)4/h6-13,18,22,24,37H,5,14-16H2,1-4H3,(H,38,39)/t18-,22+,24?/m0/s1. The summed E-state index contributed by atoms with van der Waals surface area (Å²) in [5.74, 6) is -0.522. The molecule has 0 aliphatic carbocycles. The van der Waals surface area contributed by atoms with Crippen LogP contribution < -0.4 is 4.74 Å². The third-order valence-corrected chi connectivity index (χ3v) is 9.27. The van der Waals surface area contributed by atoms with E-state index >= 15 is 0 Å². The second-order valence-electron chi connectivity index (χ2n) is 10.8. The Bertz CT molecular complexity index is 1760. The molecule has 2 N–H and O–H groups in total. The van der Waals surface area contributed by atoms with E-state index in [-0.39, 0.29) is 24.3 Å². The number of thiophene rings is 1. The van der Waals surface area contributed by atoms with Crippen molar-refractivity contribution in [1.29, 1.82) is 0 Å². The van der Waals surface area contributed by atoms with E-state index in [2.05, 4.69) is 57.6 Å². The van der Waals surface area contributed by atoms with Crippen LogP contribution in [0.25, 0.3) is 21.1 Å². The Morgan fingerprint density at radius 2 is 2.10 bits per heavy atom. The van der Waals surface area contributed by atoms with Gasteiger partial charge in [-0.15, -0.1) is 16.4 Å². The molecule has 0 amide bonds. The minimum Gasteiger partial charge on any atom is -0.506 e. The van der Waals surface area contributed by atoms with Crippen LogP contribution in [-0.2, 0) is 18.4 Å². The lowest BCUT2D eigenvalue weighted by atomic mass is 9.84. The highest BCUT2D eigenvalue weighted by molar-refractivity contribution is 7.17. The van der Waals surface area contributed by atoms with Crippen LogP contribution in [0, 0.1) is 6.92 Å². The molecule has 41 heavy (non-hydrogen) atoms. The Morgan fingerprint density at radius 3 is 2.88 bits per heavy atom. The van der Waals surface area contributed by atoms with Crippen LogP contribution in [-0.4, -0.2) is 53.7 Å². The average Bonchev–Trinajstić information content (AvgIpc) is 3.56. The van der Waals surface area contributed by atoms with Crippen molar-refractivity contribution in [1.82, 2.24) is 24.9 Å². The molecule has 9 nitrogen and oxygen atoms in total. The highest BCUT2D eigenvalue weighted by atomic mass is 32.1. The molecule has 0 fully saturated rings. The smallest absolute Gasteiger partial charge is 0.304 e. The number of phenols is 1. The first kappa shape index (κ1) is 27.2. The van der Waals surface area contributed by atoms with Crippen molar-refractivity contribution in [3.8, 4) is 11.5 Å². The van der Waals surface area contributed by atoms with Crippen LogP contribution in [0.4, 0.5) is 0 Å². The van der Waals surface area contributed by atoms with Crippen LogP contribution >= 0.6 is 11.3 Å². The number of carbonyl (C=O) groups is 1. The minimum absolute atomic E-state index is 0.0361. The normalized spacial score (nSPS) is 18.2. The number of aliphatic carboxylic acids is 1. The van der Waals surface area contributed by atoms with Crippen LogP contribution in [0.3, 0.4) is 0 Å². The molecule has 1 aliphatic heterocycles. The zero-order valence-electron chi connectivity index (χ0n) is 23.5. The molecule has 3 aromatic heterocycles. The largest absolute Gasteiger partial charge is 0.506 e. The van der Waals surface area contributed by atoms with E-state index in [1.165, 1.54) is 9.38 Å². The maximum atomic E-state index is 12.2. The zero-order valence-corrected chi connectivity index (χ0v) is 24.4. The molecule has 6 rings (SSSR count). The van der Waals surface area contributed by atoms with Gasteiger partial charge >= 0.3 is 5.97 Å². The van der Waals surface area contributed by atoms with E-state index in [4.69, 9.17) is 4.74 Å². The molecule has 2 aromatic carbocycles. The molecule has 0 saturated carbocycles. The van der Waals surface area contributed by atoms with Gasteiger partial charge in [0.2, 0.25) is 0 Å². The Morgan fingerprint density at radius 1 is 1.27 bits per heavy atom. The number of pyridine rings is 1. The summed E-state index contributed by atoms with van der Waals surface area (Å²) >= 11 is 1.69. The number of nitrogens with zero attached hydrogens (tertiary/aromatic N) is 5. The number of aryl methyl sites for hydroxylation is 2. The minimum atomic E-state index is -0.910. The molecule has 0 saturated heterocycles. The van der Waals surface area contributed by atoms with E-state index in [0.717, 1.165) is 52.0 Å². The summed E-state index contributed by atoms with van der Waals surface area (Å²) in [6.45, 7) is 7.63. The molecule has 1 unspecified atom stereocenters. The van der Waals surface area contributed by atoms with Gasteiger partial charge in [0.15, 0.2) is 0 Å². The first-order valence-electron chi connectivity index (χ1n) is 13.8. The van der Waals surface area contributed by atoms with Crippen molar-refractivity contribution >= 4 is 38.4 Å².